The van der Waals surface area contributed by atoms with Crippen LogP contribution < -0.4 is 21.9 Å². The summed E-state index contributed by atoms with van der Waals surface area (Å²) in [6.45, 7) is 6.55. The Morgan fingerprint density at radius 2 is 1.96 bits per heavy atom. The fourth-order valence-electron chi connectivity index (χ4n) is 3.56. The Bertz CT molecular complexity index is 762. The second-order valence-electron chi connectivity index (χ2n) is 7.97. The Morgan fingerprint density at radius 3 is 2.57 bits per heavy atom. The first kappa shape index (κ1) is 22.2. The molecule has 1 amide bonds. The zero-order valence-electron chi connectivity index (χ0n) is 17.3. The SMILES string of the molecule is CCCCn1c(N)c(N(CC(C)C)C(=O)COC2CCCCC2)c(=O)[nH]c1=O. The lowest BCUT2D eigenvalue weighted by molar-refractivity contribution is -0.125. The molecule has 3 N–H and O–H groups in total. The van der Waals surface area contributed by atoms with Gasteiger partial charge in [0.15, 0.2) is 5.69 Å². The third-order valence-electron chi connectivity index (χ3n) is 5.06. The number of anilines is 2. The van der Waals surface area contributed by atoms with Crippen molar-refractivity contribution in [2.24, 2.45) is 5.92 Å². The molecular formula is C20H34N4O4. The Balaban J connectivity index is 2.29. The van der Waals surface area contributed by atoms with Gasteiger partial charge >= 0.3 is 5.69 Å². The number of hydrogen-bond acceptors (Lipinski definition) is 5. The van der Waals surface area contributed by atoms with Gasteiger partial charge in [-0.1, -0.05) is 46.5 Å². The molecule has 1 aliphatic rings. The van der Waals surface area contributed by atoms with E-state index in [4.69, 9.17) is 10.5 Å². The van der Waals surface area contributed by atoms with Crippen molar-refractivity contribution in [3.63, 3.8) is 0 Å². The lowest BCUT2D eigenvalue weighted by atomic mass is 9.98. The summed E-state index contributed by atoms with van der Waals surface area (Å²) in [5.41, 5.74) is 5.05. The van der Waals surface area contributed by atoms with E-state index in [0.717, 1.165) is 38.5 Å². The summed E-state index contributed by atoms with van der Waals surface area (Å²) in [4.78, 5) is 41.3. The van der Waals surface area contributed by atoms with Gasteiger partial charge in [0.05, 0.1) is 6.10 Å². The highest BCUT2D eigenvalue weighted by Gasteiger charge is 2.26. The molecule has 1 aromatic heterocycles. The van der Waals surface area contributed by atoms with Crippen LogP contribution in [0.2, 0.25) is 0 Å². The van der Waals surface area contributed by atoms with Crippen LogP contribution in [0.25, 0.3) is 0 Å². The number of nitrogens with one attached hydrogen (secondary N) is 1. The first-order valence-electron chi connectivity index (χ1n) is 10.4. The molecule has 0 aliphatic heterocycles. The number of carbonyl (C=O) groups is 1. The molecule has 0 saturated heterocycles. The maximum atomic E-state index is 12.9. The van der Waals surface area contributed by atoms with E-state index in [1.165, 1.54) is 15.9 Å². The molecule has 158 valence electrons. The highest BCUT2D eigenvalue weighted by Crippen LogP contribution is 2.22. The summed E-state index contributed by atoms with van der Waals surface area (Å²) in [6, 6.07) is 0. The van der Waals surface area contributed by atoms with E-state index in [2.05, 4.69) is 4.98 Å². The van der Waals surface area contributed by atoms with Crippen LogP contribution in [0.5, 0.6) is 0 Å². The van der Waals surface area contributed by atoms with E-state index < -0.39 is 11.2 Å². The quantitative estimate of drug-likeness (QED) is 0.667. The van der Waals surface area contributed by atoms with Crippen LogP contribution in [0, 0.1) is 5.92 Å². The smallest absolute Gasteiger partial charge is 0.330 e. The predicted molar refractivity (Wildman–Crippen MR) is 111 cm³/mol. The Labute approximate surface area is 166 Å². The van der Waals surface area contributed by atoms with Gasteiger partial charge in [-0.15, -0.1) is 0 Å². The van der Waals surface area contributed by atoms with E-state index in [1.54, 1.807) is 0 Å². The topological polar surface area (TPSA) is 110 Å². The van der Waals surface area contributed by atoms with Gasteiger partial charge in [-0.25, -0.2) is 4.79 Å². The van der Waals surface area contributed by atoms with Crippen molar-refractivity contribution in [3.8, 4) is 0 Å². The molecule has 8 heteroatoms. The number of unbranched alkanes of at least 4 members (excludes halogenated alkanes) is 1. The largest absolute Gasteiger partial charge is 0.383 e. The number of ether oxygens (including phenoxy) is 1. The van der Waals surface area contributed by atoms with Crippen LogP contribution in [0.3, 0.4) is 0 Å². The molecule has 0 unspecified atom stereocenters. The van der Waals surface area contributed by atoms with E-state index >= 15 is 0 Å². The zero-order valence-corrected chi connectivity index (χ0v) is 17.3. The average Bonchev–Trinajstić information content (AvgIpc) is 2.65. The minimum atomic E-state index is -0.637. The van der Waals surface area contributed by atoms with Crippen LogP contribution in [-0.4, -0.2) is 34.7 Å². The summed E-state index contributed by atoms with van der Waals surface area (Å²) < 4.78 is 7.15. The van der Waals surface area contributed by atoms with Crippen molar-refractivity contribution >= 4 is 17.4 Å². The van der Waals surface area contributed by atoms with Crippen LogP contribution >= 0.6 is 0 Å². The van der Waals surface area contributed by atoms with Crippen LogP contribution in [0.1, 0.15) is 65.7 Å². The normalized spacial score (nSPS) is 15.1. The molecule has 1 aromatic rings. The minimum absolute atomic E-state index is 0.0360. The van der Waals surface area contributed by atoms with Crippen molar-refractivity contribution in [2.45, 2.75) is 78.4 Å². The van der Waals surface area contributed by atoms with Gasteiger partial charge in [-0.3, -0.25) is 19.1 Å². The Morgan fingerprint density at radius 1 is 1.29 bits per heavy atom. The second-order valence-corrected chi connectivity index (χ2v) is 7.97. The Kier molecular flexibility index (Phi) is 8.29. The summed E-state index contributed by atoms with van der Waals surface area (Å²) in [5, 5.41) is 0. The fraction of sp³-hybridized carbons (Fsp3) is 0.750. The maximum Gasteiger partial charge on any atom is 0.330 e. The number of aromatic nitrogens is 2. The number of nitrogens with two attached hydrogens (primary N) is 1. The molecule has 2 rings (SSSR count). The highest BCUT2D eigenvalue weighted by molar-refractivity contribution is 5.96. The molecule has 1 fully saturated rings. The van der Waals surface area contributed by atoms with E-state index in [-0.39, 0.29) is 36.0 Å². The first-order chi connectivity index (χ1) is 13.3. The van der Waals surface area contributed by atoms with Crippen molar-refractivity contribution in [3.05, 3.63) is 20.8 Å². The van der Waals surface area contributed by atoms with Crippen LogP contribution in [0.15, 0.2) is 9.59 Å². The molecule has 1 saturated carbocycles. The van der Waals surface area contributed by atoms with Gasteiger partial charge in [0.1, 0.15) is 12.4 Å². The van der Waals surface area contributed by atoms with Gasteiger partial charge < -0.3 is 15.4 Å². The van der Waals surface area contributed by atoms with Crippen LogP contribution in [-0.2, 0) is 16.1 Å². The Hall–Kier alpha value is -2.09. The number of nitrogens with zero attached hydrogens (tertiary/aromatic N) is 2. The zero-order chi connectivity index (χ0) is 20.7. The lowest BCUT2D eigenvalue weighted by Gasteiger charge is -2.27. The number of aromatic amines is 1. The third kappa shape index (κ3) is 5.70. The molecule has 0 bridgehead atoms. The average molecular weight is 395 g/mol. The standard InChI is InChI=1S/C20H34N4O4/c1-4-5-11-23-18(21)17(19(26)22-20(23)27)24(12-14(2)3)16(25)13-28-15-9-7-6-8-10-15/h14-15H,4-13,21H2,1-3H3,(H,22,26,27). The van der Waals surface area contributed by atoms with Crippen molar-refractivity contribution in [1.82, 2.24) is 9.55 Å². The highest BCUT2D eigenvalue weighted by atomic mass is 16.5. The molecule has 1 heterocycles. The third-order valence-corrected chi connectivity index (χ3v) is 5.06. The number of amides is 1. The predicted octanol–water partition coefficient (Wildman–Crippen LogP) is 2.26. The molecule has 1 aliphatic carbocycles. The summed E-state index contributed by atoms with van der Waals surface area (Å²) in [6.07, 6.45) is 7.08. The van der Waals surface area contributed by atoms with Gasteiger partial charge in [0.25, 0.3) is 11.5 Å². The van der Waals surface area contributed by atoms with Gasteiger partial charge in [0.2, 0.25) is 0 Å². The molecule has 0 spiro atoms. The number of hydrogen-bond donors (Lipinski definition) is 2. The number of nitrogen functional groups attached to an aromatic ring is 1. The molecule has 8 nitrogen and oxygen atoms in total. The first-order valence-corrected chi connectivity index (χ1v) is 10.4. The van der Waals surface area contributed by atoms with Crippen molar-refractivity contribution in [1.29, 1.82) is 0 Å². The molecule has 0 aromatic carbocycles. The van der Waals surface area contributed by atoms with Gasteiger partial charge in [-0.05, 0) is 25.2 Å². The minimum Gasteiger partial charge on any atom is -0.383 e. The van der Waals surface area contributed by atoms with Crippen molar-refractivity contribution < 1.29 is 9.53 Å². The maximum absolute atomic E-state index is 12.9. The van der Waals surface area contributed by atoms with Gasteiger partial charge in [-0.2, -0.15) is 0 Å². The van der Waals surface area contributed by atoms with Gasteiger partial charge in [0, 0.05) is 13.1 Å². The molecule has 28 heavy (non-hydrogen) atoms. The number of rotatable bonds is 9. The number of carbonyl (C=O) groups excluding carboxylic acids is 1. The summed E-state index contributed by atoms with van der Waals surface area (Å²) in [7, 11) is 0. The lowest BCUT2D eigenvalue weighted by Crippen LogP contribution is -2.44. The van der Waals surface area contributed by atoms with E-state index in [9.17, 15) is 14.4 Å². The molecule has 0 radical (unpaired) electrons. The molecule has 0 atom stereocenters. The monoisotopic (exact) mass is 394 g/mol. The van der Waals surface area contributed by atoms with Crippen molar-refractivity contribution in [2.75, 3.05) is 23.8 Å². The van der Waals surface area contributed by atoms with E-state index in [0.29, 0.717) is 13.1 Å². The molecular weight excluding hydrogens is 360 g/mol. The van der Waals surface area contributed by atoms with Crippen LogP contribution in [0.4, 0.5) is 11.5 Å². The van der Waals surface area contributed by atoms with E-state index in [1.807, 2.05) is 20.8 Å². The fourth-order valence-corrected chi connectivity index (χ4v) is 3.56. The summed E-state index contributed by atoms with van der Waals surface area (Å²) >= 11 is 0. The summed E-state index contributed by atoms with van der Waals surface area (Å²) in [5.74, 6) is -0.153. The second kappa shape index (κ2) is 10.5. The number of H-pyrrole nitrogens is 1.